The Morgan fingerprint density at radius 2 is 1.78 bits per heavy atom. The zero-order valence-corrected chi connectivity index (χ0v) is 13.8. The average molecular weight is 334 g/mol. The predicted molar refractivity (Wildman–Crippen MR) is 89.9 cm³/mol. The summed E-state index contributed by atoms with van der Waals surface area (Å²) in [7, 11) is -3.49. The Hall–Kier alpha value is -2.41. The van der Waals surface area contributed by atoms with Crippen LogP contribution in [-0.4, -0.2) is 19.6 Å². The van der Waals surface area contributed by atoms with Crippen LogP contribution in [0.15, 0.2) is 47.4 Å². The molecule has 0 aliphatic heterocycles. The highest BCUT2D eigenvalue weighted by Crippen LogP contribution is 2.30. The lowest BCUT2D eigenvalue weighted by Crippen LogP contribution is -2.02. The van der Waals surface area contributed by atoms with E-state index in [1.807, 2.05) is 24.3 Å². The molecule has 0 unspecified atom stereocenters. The molecule has 0 aliphatic carbocycles. The van der Waals surface area contributed by atoms with Crippen molar-refractivity contribution in [1.29, 1.82) is 0 Å². The van der Waals surface area contributed by atoms with Crippen molar-refractivity contribution >= 4 is 26.9 Å². The predicted octanol–water partition coefficient (Wildman–Crippen LogP) is 3.69. The molecule has 122 valence electrons. The lowest BCUT2D eigenvalue weighted by molar-refractivity contribution is -0.384. The van der Waals surface area contributed by atoms with Crippen molar-refractivity contribution in [3.05, 3.63) is 58.1 Å². The maximum Gasteiger partial charge on any atom is 0.293 e. The number of nitro groups is 1. The summed E-state index contributed by atoms with van der Waals surface area (Å²) in [5.41, 5.74) is 1.89. The second kappa shape index (κ2) is 6.78. The normalized spacial score (nSPS) is 11.2. The maximum absolute atomic E-state index is 11.5. The van der Waals surface area contributed by atoms with E-state index in [2.05, 4.69) is 12.2 Å². The number of rotatable bonds is 6. The van der Waals surface area contributed by atoms with Crippen molar-refractivity contribution in [3.63, 3.8) is 0 Å². The summed E-state index contributed by atoms with van der Waals surface area (Å²) in [6.07, 6.45) is 3.04. The van der Waals surface area contributed by atoms with Crippen LogP contribution in [-0.2, 0) is 16.3 Å². The zero-order chi connectivity index (χ0) is 17.0. The van der Waals surface area contributed by atoms with Crippen LogP contribution in [0.4, 0.5) is 17.1 Å². The van der Waals surface area contributed by atoms with E-state index < -0.39 is 14.8 Å². The van der Waals surface area contributed by atoms with E-state index in [-0.39, 0.29) is 16.3 Å². The lowest BCUT2D eigenvalue weighted by atomic mass is 10.1. The van der Waals surface area contributed by atoms with Gasteiger partial charge in [-0.25, -0.2) is 8.42 Å². The number of nitrogens with one attached hydrogen (secondary N) is 1. The van der Waals surface area contributed by atoms with Gasteiger partial charge in [-0.3, -0.25) is 10.1 Å². The molecule has 2 aromatic rings. The third kappa shape index (κ3) is 4.29. The fourth-order valence-corrected chi connectivity index (χ4v) is 2.84. The molecular formula is C16H18N2O4S. The minimum absolute atomic E-state index is 0.0759. The Labute approximate surface area is 135 Å². The number of nitrogens with zero attached hydrogens (tertiary/aromatic N) is 1. The molecule has 0 heterocycles. The van der Waals surface area contributed by atoms with Crippen LogP contribution in [0.25, 0.3) is 0 Å². The van der Waals surface area contributed by atoms with Crippen LogP contribution in [0.2, 0.25) is 0 Å². The summed E-state index contributed by atoms with van der Waals surface area (Å²) in [5, 5.41) is 14.2. The van der Waals surface area contributed by atoms with Gasteiger partial charge < -0.3 is 5.32 Å². The minimum Gasteiger partial charge on any atom is -0.350 e. The first-order valence-electron chi connectivity index (χ1n) is 7.15. The molecule has 0 radical (unpaired) electrons. The van der Waals surface area contributed by atoms with Crippen LogP contribution in [0.5, 0.6) is 0 Å². The lowest BCUT2D eigenvalue weighted by Gasteiger charge is -2.09. The van der Waals surface area contributed by atoms with Gasteiger partial charge in [-0.2, -0.15) is 0 Å². The molecule has 23 heavy (non-hydrogen) atoms. The number of hydrogen-bond donors (Lipinski definition) is 1. The van der Waals surface area contributed by atoms with Gasteiger partial charge in [-0.15, -0.1) is 0 Å². The molecule has 0 spiro atoms. The Morgan fingerprint density at radius 1 is 1.13 bits per heavy atom. The fraction of sp³-hybridized carbons (Fsp3) is 0.250. The van der Waals surface area contributed by atoms with Crippen LogP contribution in [0.3, 0.4) is 0 Å². The highest BCUT2D eigenvalue weighted by atomic mass is 32.2. The molecular weight excluding hydrogens is 316 g/mol. The van der Waals surface area contributed by atoms with Crippen molar-refractivity contribution in [2.75, 3.05) is 11.6 Å². The van der Waals surface area contributed by atoms with Crippen LogP contribution in [0, 0.1) is 10.1 Å². The van der Waals surface area contributed by atoms with Gasteiger partial charge >= 0.3 is 0 Å². The van der Waals surface area contributed by atoms with Gasteiger partial charge in [0.2, 0.25) is 0 Å². The van der Waals surface area contributed by atoms with Crippen molar-refractivity contribution in [1.82, 2.24) is 0 Å². The van der Waals surface area contributed by atoms with Gasteiger partial charge in [0.25, 0.3) is 5.69 Å². The van der Waals surface area contributed by atoms with Crippen LogP contribution >= 0.6 is 0 Å². The molecule has 1 N–H and O–H groups in total. The second-order valence-corrected chi connectivity index (χ2v) is 7.30. The summed E-state index contributed by atoms with van der Waals surface area (Å²) in [5.74, 6) is 0. The topological polar surface area (TPSA) is 89.3 Å². The fourth-order valence-electron chi connectivity index (χ4n) is 2.20. The first kappa shape index (κ1) is 17.0. The molecule has 0 saturated carbocycles. The summed E-state index contributed by atoms with van der Waals surface area (Å²) in [6.45, 7) is 2.10. The molecule has 0 fully saturated rings. The molecule has 0 atom stereocenters. The molecule has 2 aromatic carbocycles. The number of benzene rings is 2. The molecule has 7 heteroatoms. The maximum atomic E-state index is 11.5. The van der Waals surface area contributed by atoms with Gasteiger partial charge in [-0.1, -0.05) is 25.5 Å². The highest BCUT2D eigenvalue weighted by molar-refractivity contribution is 7.90. The third-order valence-electron chi connectivity index (χ3n) is 3.37. The quantitative estimate of drug-likeness (QED) is 0.643. The van der Waals surface area contributed by atoms with Gasteiger partial charge in [0.05, 0.1) is 9.82 Å². The molecule has 0 aromatic heterocycles. The van der Waals surface area contributed by atoms with E-state index in [1.54, 1.807) is 0 Å². The number of nitro benzene ring substituents is 1. The first-order chi connectivity index (χ1) is 10.8. The second-order valence-electron chi connectivity index (χ2n) is 5.28. The zero-order valence-electron chi connectivity index (χ0n) is 12.9. The summed E-state index contributed by atoms with van der Waals surface area (Å²) in [4.78, 5) is 10.5. The van der Waals surface area contributed by atoms with Gasteiger partial charge in [0, 0.05) is 18.0 Å². The summed E-state index contributed by atoms with van der Waals surface area (Å²) >= 11 is 0. The first-order valence-corrected chi connectivity index (χ1v) is 9.05. The van der Waals surface area contributed by atoms with Crippen molar-refractivity contribution < 1.29 is 13.3 Å². The van der Waals surface area contributed by atoms with Gasteiger partial charge in [-0.05, 0) is 36.2 Å². The number of sulfone groups is 1. The molecule has 0 saturated heterocycles. The van der Waals surface area contributed by atoms with Crippen molar-refractivity contribution in [2.24, 2.45) is 0 Å². The van der Waals surface area contributed by atoms with Crippen molar-refractivity contribution in [3.8, 4) is 0 Å². The largest absolute Gasteiger partial charge is 0.350 e. The third-order valence-corrected chi connectivity index (χ3v) is 4.48. The minimum atomic E-state index is -3.49. The molecule has 6 nitrogen and oxygen atoms in total. The van der Waals surface area contributed by atoms with Crippen LogP contribution < -0.4 is 5.32 Å². The van der Waals surface area contributed by atoms with Crippen molar-refractivity contribution in [2.45, 2.75) is 24.7 Å². The number of hydrogen-bond acceptors (Lipinski definition) is 5. The van der Waals surface area contributed by atoms with E-state index >= 15 is 0 Å². The van der Waals surface area contributed by atoms with E-state index in [9.17, 15) is 18.5 Å². The number of anilines is 2. The van der Waals surface area contributed by atoms with E-state index in [0.29, 0.717) is 5.69 Å². The molecule has 0 amide bonds. The van der Waals surface area contributed by atoms with E-state index in [1.165, 1.54) is 17.7 Å². The Balaban J connectivity index is 2.33. The van der Waals surface area contributed by atoms with E-state index in [4.69, 9.17) is 0 Å². The smallest absolute Gasteiger partial charge is 0.293 e. The van der Waals surface area contributed by atoms with Crippen LogP contribution in [0.1, 0.15) is 18.9 Å². The SMILES string of the molecule is CCCc1ccc(Nc2ccc(S(C)(=O)=O)cc2[N+](=O)[O-])cc1. The van der Waals surface area contributed by atoms with Gasteiger partial charge in [0.15, 0.2) is 9.84 Å². The molecule has 0 bridgehead atoms. The monoisotopic (exact) mass is 334 g/mol. The highest BCUT2D eigenvalue weighted by Gasteiger charge is 2.18. The van der Waals surface area contributed by atoms with Gasteiger partial charge in [0.1, 0.15) is 5.69 Å². The number of aryl methyl sites for hydroxylation is 1. The average Bonchev–Trinajstić information content (AvgIpc) is 2.48. The summed E-state index contributed by atoms with van der Waals surface area (Å²) in [6, 6.07) is 11.5. The molecule has 0 aliphatic rings. The Bertz CT molecular complexity index is 814. The Morgan fingerprint density at radius 3 is 2.30 bits per heavy atom. The standard InChI is InChI=1S/C16H18N2O4S/c1-3-4-12-5-7-13(8-6-12)17-15-10-9-14(23(2,21)22)11-16(15)18(19)20/h5-11,17H,3-4H2,1-2H3. The Kier molecular flexibility index (Phi) is 5.00. The summed E-state index contributed by atoms with van der Waals surface area (Å²) < 4.78 is 23.1. The molecule has 2 rings (SSSR count). The van der Waals surface area contributed by atoms with E-state index in [0.717, 1.165) is 25.2 Å².